The molecule has 0 saturated carbocycles. The fourth-order valence-electron chi connectivity index (χ4n) is 1.65. The summed E-state index contributed by atoms with van der Waals surface area (Å²) in [5.74, 6) is 0. The molecule has 1 saturated heterocycles. The second kappa shape index (κ2) is 10.7. The lowest BCUT2D eigenvalue weighted by Crippen LogP contribution is -2.44. The fourth-order valence-corrected chi connectivity index (χ4v) is 1.65. The highest BCUT2D eigenvalue weighted by Crippen LogP contribution is 2.03. The number of hydrogen-bond donors (Lipinski definition) is 1. The van der Waals surface area contributed by atoms with Gasteiger partial charge in [-0.25, -0.2) is 0 Å². The van der Waals surface area contributed by atoms with E-state index in [2.05, 4.69) is 41.9 Å². The molecule has 0 radical (unpaired) electrons. The van der Waals surface area contributed by atoms with E-state index < -0.39 is 0 Å². The van der Waals surface area contributed by atoms with Crippen LogP contribution in [0.5, 0.6) is 0 Å². The van der Waals surface area contributed by atoms with Gasteiger partial charge in [-0.05, 0) is 12.5 Å². The van der Waals surface area contributed by atoms with Gasteiger partial charge in [0.2, 0.25) is 0 Å². The summed E-state index contributed by atoms with van der Waals surface area (Å²) in [6.45, 7) is 15.3. The molecule has 2 heteroatoms. The van der Waals surface area contributed by atoms with Crippen LogP contribution in [0.15, 0.2) is 36.5 Å². The lowest BCUT2D eigenvalue weighted by atomic mass is 10.2. The number of nitrogens with zero attached hydrogens (tertiary/aromatic N) is 1. The summed E-state index contributed by atoms with van der Waals surface area (Å²) in [4.78, 5) is 2.46. The Bertz CT molecular complexity index is 223. The molecule has 0 aromatic carbocycles. The summed E-state index contributed by atoms with van der Waals surface area (Å²) in [7, 11) is 0. The number of allylic oxidation sites excluding steroid dienone is 3. The number of hydrogen-bond acceptors (Lipinski definition) is 2. The molecule has 1 fully saturated rings. The Morgan fingerprint density at radius 1 is 1.31 bits per heavy atom. The lowest BCUT2D eigenvalue weighted by molar-refractivity contribution is 0.261. The summed E-state index contributed by atoms with van der Waals surface area (Å²) in [5.41, 5.74) is 1.34. The molecule has 1 rings (SSSR count). The van der Waals surface area contributed by atoms with E-state index in [-0.39, 0.29) is 0 Å². The largest absolute Gasteiger partial charge is 0.314 e. The molecule has 0 unspecified atom stereocenters. The molecule has 1 aliphatic rings. The summed E-state index contributed by atoms with van der Waals surface area (Å²) in [5, 5.41) is 3.35. The van der Waals surface area contributed by atoms with Gasteiger partial charge in [-0.3, -0.25) is 4.90 Å². The van der Waals surface area contributed by atoms with Gasteiger partial charge in [-0.1, -0.05) is 44.7 Å². The molecular weight excluding hydrogens is 196 g/mol. The van der Waals surface area contributed by atoms with Crippen molar-refractivity contribution in [2.45, 2.75) is 20.8 Å². The van der Waals surface area contributed by atoms with Crippen LogP contribution in [0.3, 0.4) is 0 Å². The van der Waals surface area contributed by atoms with Gasteiger partial charge in [-0.2, -0.15) is 0 Å². The first kappa shape index (κ1) is 15.1. The van der Waals surface area contributed by atoms with Crippen molar-refractivity contribution in [1.29, 1.82) is 0 Å². The second-order valence-corrected chi connectivity index (χ2v) is 3.50. The van der Waals surface area contributed by atoms with Crippen molar-refractivity contribution in [3.8, 4) is 0 Å². The van der Waals surface area contributed by atoms with Gasteiger partial charge in [0.25, 0.3) is 0 Å². The van der Waals surface area contributed by atoms with Crippen LogP contribution in [0.25, 0.3) is 0 Å². The van der Waals surface area contributed by atoms with Crippen LogP contribution in [-0.4, -0.2) is 37.6 Å². The summed E-state index contributed by atoms with van der Waals surface area (Å²) in [6, 6.07) is 0. The van der Waals surface area contributed by atoms with Crippen molar-refractivity contribution in [3.63, 3.8) is 0 Å². The molecule has 0 atom stereocenters. The quantitative estimate of drug-likeness (QED) is 0.736. The summed E-state index contributed by atoms with van der Waals surface area (Å²) in [6.07, 6.45) is 8.18. The van der Waals surface area contributed by atoms with Crippen LogP contribution in [0.4, 0.5) is 0 Å². The highest BCUT2D eigenvalue weighted by atomic mass is 15.2. The first-order valence-corrected chi connectivity index (χ1v) is 6.24. The van der Waals surface area contributed by atoms with E-state index in [1.165, 1.54) is 5.57 Å². The molecule has 2 nitrogen and oxygen atoms in total. The van der Waals surface area contributed by atoms with Crippen LogP contribution in [0.2, 0.25) is 0 Å². The van der Waals surface area contributed by atoms with Gasteiger partial charge in [-0.15, -0.1) is 0 Å². The zero-order chi connectivity index (χ0) is 12.2. The van der Waals surface area contributed by atoms with Crippen molar-refractivity contribution in [1.82, 2.24) is 10.2 Å². The minimum atomic E-state index is 1.04. The van der Waals surface area contributed by atoms with Gasteiger partial charge >= 0.3 is 0 Å². The lowest BCUT2D eigenvalue weighted by Gasteiger charge is -2.27. The van der Waals surface area contributed by atoms with E-state index in [1.807, 2.05) is 19.9 Å². The molecule has 0 aliphatic carbocycles. The van der Waals surface area contributed by atoms with E-state index in [0.717, 1.165) is 32.7 Å². The Kier molecular flexibility index (Phi) is 10.1. The Balaban J connectivity index is 0.00000106. The number of rotatable bonds is 4. The molecule has 1 N–H and O–H groups in total. The van der Waals surface area contributed by atoms with Crippen LogP contribution < -0.4 is 5.32 Å². The molecule has 0 aromatic heterocycles. The first-order valence-electron chi connectivity index (χ1n) is 6.24. The van der Waals surface area contributed by atoms with Crippen LogP contribution in [0.1, 0.15) is 20.8 Å². The third-order valence-corrected chi connectivity index (χ3v) is 2.33. The molecule has 16 heavy (non-hydrogen) atoms. The highest BCUT2D eigenvalue weighted by Gasteiger charge is 2.09. The van der Waals surface area contributed by atoms with Gasteiger partial charge in [0.1, 0.15) is 0 Å². The minimum absolute atomic E-state index is 1.04. The predicted octanol–water partition coefficient (Wildman–Crippen LogP) is 2.61. The van der Waals surface area contributed by atoms with Gasteiger partial charge in [0.15, 0.2) is 0 Å². The molecule has 1 heterocycles. The zero-order valence-electron chi connectivity index (χ0n) is 11.0. The maximum absolute atomic E-state index is 3.73. The van der Waals surface area contributed by atoms with Crippen molar-refractivity contribution >= 4 is 0 Å². The Morgan fingerprint density at radius 3 is 2.44 bits per heavy atom. The standard InChI is InChI=1S/C12H20N2.C2H6/c1-3-5-12(6-4-2)11-14-9-7-13-8-10-14;1-2/h3-6,13H,1,7-11H2,2H3;1-2H3/b6-4-,12-5+;. The van der Waals surface area contributed by atoms with Crippen molar-refractivity contribution in [3.05, 3.63) is 36.5 Å². The van der Waals surface area contributed by atoms with E-state index in [9.17, 15) is 0 Å². The highest BCUT2D eigenvalue weighted by molar-refractivity contribution is 5.24. The molecular formula is C14H26N2. The van der Waals surface area contributed by atoms with Crippen molar-refractivity contribution in [2.24, 2.45) is 0 Å². The van der Waals surface area contributed by atoms with Crippen LogP contribution in [-0.2, 0) is 0 Å². The minimum Gasteiger partial charge on any atom is -0.314 e. The molecule has 1 aliphatic heterocycles. The zero-order valence-corrected chi connectivity index (χ0v) is 11.0. The van der Waals surface area contributed by atoms with E-state index in [1.54, 1.807) is 0 Å². The Hall–Kier alpha value is -0.860. The van der Waals surface area contributed by atoms with Gasteiger partial charge < -0.3 is 5.32 Å². The van der Waals surface area contributed by atoms with E-state index >= 15 is 0 Å². The molecule has 0 spiro atoms. The monoisotopic (exact) mass is 222 g/mol. The maximum atomic E-state index is 3.73. The third kappa shape index (κ3) is 6.59. The number of piperazine rings is 1. The average Bonchev–Trinajstić information content (AvgIpc) is 2.34. The predicted molar refractivity (Wildman–Crippen MR) is 73.8 cm³/mol. The topological polar surface area (TPSA) is 15.3 Å². The second-order valence-electron chi connectivity index (χ2n) is 3.50. The smallest absolute Gasteiger partial charge is 0.0234 e. The van der Waals surface area contributed by atoms with Gasteiger partial charge in [0.05, 0.1) is 0 Å². The third-order valence-electron chi connectivity index (χ3n) is 2.33. The molecule has 92 valence electrons. The normalized spacial score (nSPS) is 18.1. The maximum Gasteiger partial charge on any atom is 0.0234 e. The first-order chi connectivity index (χ1) is 7.86. The molecule has 0 amide bonds. The Morgan fingerprint density at radius 2 is 1.94 bits per heavy atom. The fraction of sp³-hybridized carbons (Fsp3) is 0.571. The Labute approximate surface area is 101 Å². The van der Waals surface area contributed by atoms with Crippen molar-refractivity contribution in [2.75, 3.05) is 32.7 Å². The van der Waals surface area contributed by atoms with Crippen LogP contribution >= 0.6 is 0 Å². The van der Waals surface area contributed by atoms with Gasteiger partial charge in [0, 0.05) is 32.7 Å². The van der Waals surface area contributed by atoms with E-state index in [0.29, 0.717) is 0 Å². The van der Waals surface area contributed by atoms with Crippen LogP contribution in [0, 0.1) is 0 Å². The summed E-state index contributed by atoms with van der Waals surface area (Å²) < 4.78 is 0. The van der Waals surface area contributed by atoms with E-state index in [4.69, 9.17) is 0 Å². The molecule has 0 aromatic rings. The SMILES string of the molecule is C=C/C=C(\C=C/C)CN1CCNCC1.CC. The average molecular weight is 222 g/mol. The summed E-state index contributed by atoms with van der Waals surface area (Å²) >= 11 is 0. The molecule has 0 bridgehead atoms. The van der Waals surface area contributed by atoms with Crippen molar-refractivity contribution < 1.29 is 0 Å². The number of nitrogens with one attached hydrogen (secondary N) is 1.